The Morgan fingerprint density at radius 2 is 1.52 bits per heavy atom. The smallest absolute Gasteiger partial charge is 0.0594 e. The van der Waals surface area contributed by atoms with E-state index in [0.29, 0.717) is 5.92 Å². The van der Waals surface area contributed by atoms with Crippen molar-refractivity contribution in [3.05, 3.63) is 59.1 Å². The van der Waals surface area contributed by atoms with Crippen LogP contribution in [0, 0.1) is 0 Å². The summed E-state index contributed by atoms with van der Waals surface area (Å²) in [6.45, 7) is 7.37. The van der Waals surface area contributed by atoms with E-state index >= 15 is 0 Å². The van der Waals surface area contributed by atoms with E-state index < -0.39 is 0 Å². The predicted molar refractivity (Wildman–Crippen MR) is 97.2 cm³/mol. The molecule has 0 amide bonds. The van der Waals surface area contributed by atoms with Gasteiger partial charge in [0.15, 0.2) is 0 Å². The number of nitrogens with zero attached hydrogens (tertiary/aromatic N) is 1. The van der Waals surface area contributed by atoms with Gasteiger partial charge in [0.1, 0.15) is 0 Å². The summed E-state index contributed by atoms with van der Waals surface area (Å²) in [4.78, 5) is 2.50. The average Bonchev–Trinajstić information content (AvgIpc) is 2.61. The molecule has 23 heavy (non-hydrogen) atoms. The Labute approximate surface area is 144 Å². The van der Waals surface area contributed by atoms with Gasteiger partial charge in [-0.2, -0.15) is 0 Å². The number of ether oxygens (including phenoxy) is 1. The van der Waals surface area contributed by atoms with Gasteiger partial charge in [-0.25, -0.2) is 0 Å². The van der Waals surface area contributed by atoms with Gasteiger partial charge in [-0.05, 0) is 47.7 Å². The molecule has 2 aromatic rings. The molecular formula is C20H24ClNO. The molecule has 1 heterocycles. The van der Waals surface area contributed by atoms with Crippen molar-refractivity contribution in [1.29, 1.82) is 0 Å². The molecule has 0 N–H and O–H groups in total. The lowest BCUT2D eigenvalue weighted by atomic mass is 9.95. The molecule has 0 bridgehead atoms. The Morgan fingerprint density at radius 1 is 0.957 bits per heavy atom. The fraction of sp³-hybridized carbons (Fsp3) is 0.400. The minimum atomic E-state index is 0.581. The lowest BCUT2D eigenvalue weighted by Crippen LogP contribution is -2.37. The van der Waals surface area contributed by atoms with Crippen molar-refractivity contribution in [1.82, 2.24) is 4.90 Å². The maximum atomic E-state index is 5.95. The molecule has 0 spiro atoms. The second-order valence-electron chi connectivity index (χ2n) is 6.27. The van der Waals surface area contributed by atoms with Crippen molar-refractivity contribution >= 4 is 11.6 Å². The summed E-state index contributed by atoms with van der Waals surface area (Å²) in [6.07, 6.45) is 1.19. The molecule has 0 saturated carbocycles. The van der Waals surface area contributed by atoms with E-state index in [1.54, 1.807) is 0 Å². The van der Waals surface area contributed by atoms with E-state index in [4.69, 9.17) is 16.3 Å². The van der Waals surface area contributed by atoms with Crippen molar-refractivity contribution in [2.24, 2.45) is 0 Å². The van der Waals surface area contributed by atoms with Crippen LogP contribution in [0.5, 0.6) is 0 Å². The van der Waals surface area contributed by atoms with E-state index in [1.807, 2.05) is 12.1 Å². The first-order valence-electron chi connectivity index (χ1n) is 8.38. The molecule has 1 saturated heterocycles. The van der Waals surface area contributed by atoms with Crippen LogP contribution in [0.25, 0.3) is 11.1 Å². The molecule has 3 rings (SSSR count). The molecule has 2 nitrogen and oxygen atoms in total. The van der Waals surface area contributed by atoms with Crippen molar-refractivity contribution in [2.75, 3.05) is 32.8 Å². The van der Waals surface area contributed by atoms with Crippen LogP contribution < -0.4 is 0 Å². The van der Waals surface area contributed by atoms with Crippen LogP contribution in [-0.2, 0) is 4.74 Å². The van der Waals surface area contributed by atoms with Gasteiger partial charge in [-0.15, -0.1) is 0 Å². The zero-order valence-corrected chi connectivity index (χ0v) is 14.4. The molecule has 0 aliphatic carbocycles. The summed E-state index contributed by atoms with van der Waals surface area (Å²) < 4.78 is 5.40. The topological polar surface area (TPSA) is 12.5 Å². The fourth-order valence-electron chi connectivity index (χ4n) is 3.01. The molecule has 1 aliphatic rings. The first kappa shape index (κ1) is 16.5. The summed E-state index contributed by atoms with van der Waals surface area (Å²) in [5, 5.41) is 0.780. The van der Waals surface area contributed by atoms with E-state index in [9.17, 15) is 0 Å². The number of halogens is 1. The number of hydrogen-bond acceptors (Lipinski definition) is 2. The van der Waals surface area contributed by atoms with Crippen molar-refractivity contribution in [3.8, 4) is 11.1 Å². The maximum absolute atomic E-state index is 5.95. The van der Waals surface area contributed by atoms with Crippen LogP contribution >= 0.6 is 11.6 Å². The van der Waals surface area contributed by atoms with Crippen LogP contribution in [-0.4, -0.2) is 37.7 Å². The highest BCUT2D eigenvalue weighted by atomic mass is 35.5. The van der Waals surface area contributed by atoms with Gasteiger partial charge in [-0.1, -0.05) is 54.9 Å². The molecular weight excluding hydrogens is 306 g/mol. The lowest BCUT2D eigenvalue weighted by molar-refractivity contribution is 0.0367. The van der Waals surface area contributed by atoms with Gasteiger partial charge in [0, 0.05) is 18.1 Å². The number of rotatable bonds is 5. The third-order valence-electron chi connectivity index (χ3n) is 4.64. The van der Waals surface area contributed by atoms with Gasteiger partial charge in [-0.3, -0.25) is 4.90 Å². The fourth-order valence-corrected chi connectivity index (χ4v) is 3.14. The Morgan fingerprint density at radius 3 is 2.13 bits per heavy atom. The summed E-state index contributed by atoms with van der Waals surface area (Å²) >= 11 is 5.95. The number of morpholine rings is 1. The quantitative estimate of drug-likeness (QED) is 0.778. The summed E-state index contributed by atoms with van der Waals surface area (Å²) in [5.74, 6) is 0.581. The average molecular weight is 330 g/mol. The summed E-state index contributed by atoms with van der Waals surface area (Å²) in [7, 11) is 0. The van der Waals surface area contributed by atoms with E-state index in [2.05, 4.69) is 48.2 Å². The Kier molecular flexibility index (Phi) is 5.71. The van der Waals surface area contributed by atoms with E-state index in [0.717, 1.165) is 37.9 Å². The van der Waals surface area contributed by atoms with Crippen LogP contribution in [0.3, 0.4) is 0 Å². The highest BCUT2D eigenvalue weighted by molar-refractivity contribution is 6.30. The van der Waals surface area contributed by atoms with Gasteiger partial charge in [0.2, 0.25) is 0 Å². The molecule has 1 fully saturated rings. The highest BCUT2D eigenvalue weighted by Gasteiger charge is 2.12. The predicted octanol–water partition coefficient (Wildman–Crippen LogP) is 4.83. The monoisotopic (exact) mass is 329 g/mol. The zero-order valence-electron chi connectivity index (χ0n) is 13.7. The van der Waals surface area contributed by atoms with Crippen LogP contribution in [0.15, 0.2) is 48.5 Å². The van der Waals surface area contributed by atoms with Crippen molar-refractivity contribution < 1.29 is 4.74 Å². The maximum Gasteiger partial charge on any atom is 0.0594 e. The third-order valence-corrected chi connectivity index (χ3v) is 4.89. The largest absolute Gasteiger partial charge is 0.379 e. The lowest BCUT2D eigenvalue weighted by Gasteiger charge is -2.27. The van der Waals surface area contributed by atoms with Crippen LogP contribution in [0.4, 0.5) is 0 Å². The molecule has 0 aromatic heterocycles. The van der Waals surface area contributed by atoms with Crippen molar-refractivity contribution in [3.63, 3.8) is 0 Å². The van der Waals surface area contributed by atoms with Gasteiger partial charge >= 0.3 is 0 Å². The third kappa shape index (κ3) is 4.57. The zero-order chi connectivity index (χ0) is 16.1. The summed E-state index contributed by atoms with van der Waals surface area (Å²) in [5.41, 5.74) is 3.86. The molecule has 0 radical (unpaired) electrons. The minimum absolute atomic E-state index is 0.581. The number of benzene rings is 2. The second-order valence-corrected chi connectivity index (χ2v) is 6.71. The Bertz CT molecular complexity index is 603. The SMILES string of the molecule is CC(CCN1CCOCC1)c1ccc(-c2ccc(Cl)cc2)cc1. The first-order valence-corrected chi connectivity index (χ1v) is 8.76. The van der Waals surface area contributed by atoms with Gasteiger partial charge in [0.25, 0.3) is 0 Å². The van der Waals surface area contributed by atoms with E-state index in [-0.39, 0.29) is 0 Å². The molecule has 122 valence electrons. The standard InChI is InChI=1S/C20H24ClNO/c1-16(10-11-22-12-14-23-15-13-22)17-2-4-18(5-3-17)19-6-8-20(21)9-7-19/h2-9,16H,10-15H2,1H3. The van der Waals surface area contributed by atoms with Crippen LogP contribution in [0.1, 0.15) is 24.8 Å². The molecule has 3 heteroatoms. The summed E-state index contributed by atoms with van der Waals surface area (Å²) in [6, 6.07) is 17.0. The number of hydrogen-bond donors (Lipinski definition) is 0. The highest BCUT2D eigenvalue weighted by Crippen LogP contribution is 2.25. The van der Waals surface area contributed by atoms with Gasteiger partial charge < -0.3 is 4.74 Å². The second kappa shape index (κ2) is 7.96. The van der Waals surface area contributed by atoms with Crippen molar-refractivity contribution in [2.45, 2.75) is 19.3 Å². The first-order chi connectivity index (χ1) is 11.2. The minimum Gasteiger partial charge on any atom is -0.379 e. The normalized spacial score (nSPS) is 17.1. The molecule has 1 aliphatic heterocycles. The Balaban J connectivity index is 1.58. The molecule has 1 unspecified atom stereocenters. The molecule has 1 atom stereocenters. The van der Waals surface area contributed by atoms with E-state index in [1.165, 1.54) is 23.1 Å². The Hall–Kier alpha value is -1.35. The van der Waals surface area contributed by atoms with Gasteiger partial charge in [0.05, 0.1) is 13.2 Å². The van der Waals surface area contributed by atoms with Crippen LogP contribution in [0.2, 0.25) is 5.02 Å². The molecule has 2 aromatic carbocycles.